The number of carbonyl (C=O) groups excluding carboxylic acids is 1. The van der Waals surface area contributed by atoms with Crippen molar-refractivity contribution in [2.24, 2.45) is 5.41 Å². The van der Waals surface area contributed by atoms with E-state index in [0.717, 1.165) is 0 Å². The monoisotopic (exact) mass is 234 g/mol. The Hall–Kier alpha value is -1.31. The van der Waals surface area contributed by atoms with Crippen molar-refractivity contribution in [1.29, 1.82) is 0 Å². The van der Waals surface area contributed by atoms with Gasteiger partial charge in [0.1, 0.15) is 5.75 Å². The summed E-state index contributed by atoms with van der Waals surface area (Å²) >= 11 is 0. The maximum Gasteiger partial charge on any atom is 0.316 e. The maximum atomic E-state index is 11.7. The predicted octanol–water partition coefficient (Wildman–Crippen LogP) is 3.94. The standard InChI is InChI=1S/C15H22O2/c1-14(2,3)11-7-9-12(10-8-11)17-13(16)15(4,5)6/h7-10H,1-6H3. The first-order valence-electron chi connectivity index (χ1n) is 5.93. The molecule has 94 valence electrons. The summed E-state index contributed by atoms with van der Waals surface area (Å²) < 4.78 is 5.31. The van der Waals surface area contributed by atoms with Crippen LogP contribution in [0, 0.1) is 5.41 Å². The van der Waals surface area contributed by atoms with Crippen LogP contribution in [-0.2, 0) is 10.2 Å². The smallest absolute Gasteiger partial charge is 0.316 e. The van der Waals surface area contributed by atoms with Gasteiger partial charge in [-0.3, -0.25) is 4.79 Å². The Labute approximate surface area is 104 Å². The first kappa shape index (κ1) is 13.8. The molecule has 0 fully saturated rings. The van der Waals surface area contributed by atoms with Crippen LogP contribution < -0.4 is 4.74 Å². The lowest BCUT2D eigenvalue weighted by molar-refractivity contribution is -0.142. The highest BCUT2D eigenvalue weighted by Gasteiger charge is 2.23. The molecular formula is C15H22O2. The molecule has 0 saturated carbocycles. The molecule has 0 radical (unpaired) electrons. The van der Waals surface area contributed by atoms with Gasteiger partial charge in [0, 0.05) is 0 Å². The Bertz CT molecular complexity index is 388. The first-order valence-corrected chi connectivity index (χ1v) is 5.93. The van der Waals surface area contributed by atoms with Gasteiger partial charge < -0.3 is 4.74 Å². The third-order valence-electron chi connectivity index (χ3n) is 2.54. The molecule has 0 spiro atoms. The quantitative estimate of drug-likeness (QED) is 0.543. The minimum atomic E-state index is -0.470. The fraction of sp³-hybridized carbons (Fsp3) is 0.533. The molecule has 0 aliphatic heterocycles. The van der Waals surface area contributed by atoms with Crippen molar-refractivity contribution in [2.75, 3.05) is 0 Å². The van der Waals surface area contributed by atoms with Gasteiger partial charge >= 0.3 is 5.97 Å². The summed E-state index contributed by atoms with van der Waals surface area (Å²) in [7, 11) is 0. The zero-order chi connectivity index (χ0) is 13.3. The molecule has 17 heavy (non-hydrogen) atoms. The van der Waals surface area contributed by atoms with Crippen LogP contribution in [0.25, 0.3) is 0 Å². The van der Waals surface area contributed by atoms with E-state index in [9.17, 15) is 4.79 Å². The molecule has 2 nitrogen and oxygen atoms in total. The maximum absolute atomic E-state index is 11.7. The Kier molecular flexibility index (Phi) is 3.65. The van der Waals surface area contributed by atoms with Crippen LogP contribution in [0.3, 0.4) is 0 Å². The average Bonchev–Trinajstić information content (AvgIpc) is 2.15. The summed E-state index contributed by atoms with van der Waals surface area (Å²) in [6, 6.07) is 7.71. The second-order valence-electron chi connectivity index (χ2n) is 6.41. The number of rotatable bonds is 1. The SMILES string of the molecule is CC(C)(C)C(=O)Oc1ccc(C(C)(C)C)cc1. The van der Waals surface area contributed by atoms with Gasteiger partial charge in [0.25, 0.3) is 0 Å². The van der Waals surface area contributed by atoms with Crippen molar-refractivity contribution in [1.82, 2.24) is 0 Å². The van der Waals surface area contributed by atoms with Crippen LogP contribution in [0.5, 0.6) is 5.75 Å². The molecule has 1 aromatic rings. The van der Waals surface area contributed by atoms with Crippen molar-refractivity contribution >= 4 is 5.97 Å². The van der Waals surface area contributed by atoms with Crippen molar-refractivity contribution in [2.45, 2.75) is 47.0 Å². The molecule has 0 aromatic heterocycles. The van der Waals surface area contributed by atoms with Gasteiger partial charge in [-0.05, 0) is 43.9 Å². The highest BCUT2D eigenvalue weighted by Crippen LogP contribution is 2.25. The zero-order valence-electron chi connectivity index (χ0n) is 11.6. The molecule has 0 N–H and O–H groups in total. The summed E-state index contributed by atoms with van der Waals surface area (Å²) in [4.78, 5) is 11.7. The fourth-order valence-electron chi connectivity index (χ4n) is 1.28. The van der Waals surface area contributed by atoms with Gasteiger partial charge in [-0.25, -0.2) is 0 Å². The Morgan fingerprint density at radius 3 is 1.76 bits per heavy atom. The minimum absolute atomic E-state index is 0.118. The lowest BCUT2D eigenvalue weighted by Crippen LogP contribution is -2.25. The highest BCUT2D eigenvalue weighted by molar-refractivity contribution is 5.77. The van der Waals surface area contributed by atoms with Gasteiger partial charge in [0.2, 0.25) is 0 Å². The lowest BCUT2D eigenvalue weighted by Gasteiger charge is -2.20. The van der Waals surface area contributed by atoms with E-state index in [1.165, 1.54) is 5.56 Å². The van der Waals surface area contributed by atoms with E-state index in [0.29, 0.717) is 5.75 Å². The number of benzene rings is 1. The van der Waals surface area contributed by atoms with Crippen LogP contribution in [0.1, 0.15) is 47.1 Å². The lowest BCUT2D eigenvalue weighted by atomic mass is 9.87. The topological polar surface area (TPSA) is 26.3 Å². The van der Waals surface area contributed by atoms with Crippen molar-refractivity contribution < 1.29 is 9.53 Å². The molecule has 0 aliphatic rings. The van der Waals surface area contributed by atoms with Crippen LogP contribution in [0.4, 0.5) is 0 Å². The summed E-state index contributed by atoms with van der Waals surface area (Å²) in [5.41, 5.74) is 0.878. The first-order chi connectivity index (χ1) is 7.60. The number of hydrogen-bond acceptors (Lipinski definition) is 2. The van der Waals surface area contributed by atoms with Crippen LogP contribution in [-0.4, -0.2) is 5.97 Å². The van der Waals surface area contributed by atoms with Gasteiger partial charge in [-0.15, -0.1) is 0 Å². The Balaban J connectivity index is 2.80. The molecule has 0 heterocycles. The molecule has 0 atom stereocenters. The predicted molar refractivity (Wildman–Crippen MR) is 70.2 cm³/mol. The molecule has 2 heteroatoms. The molecule has 0 saturated heterocycles. The van der Waals surface area contributed by atoms with Gasteiger partial charge in [0.15, 0.2) is 0 Å². The summed E-state index contributed by atoms with van der Waals surface area (Å²) in [5.74, 6) is 0.402. The summed E-state index contributed by atoms with van der Waals surface area (Å²) in [5, 5.41) is 0. The van der Waals surface area contributed by atoms with E-state index in [1.807, 2.05) is 45.0 Å². The molecule has 1 aromatic carbocycles. The van der Waals surface area contributed by atoms with E-state index in [-0.39, 0.29) is 11.4 Å². The van der Waals surface area contributed by atoms with E-state index in [1.54, 1.807) is 0 Å². The van der Waals surface area contributed by atoms with E-state index >= 15 is 0 Å². The third kappa shape index (κ3) is 3.88. The van der Waals surface area contributed by atoms with Crippen molar-refractivity contribution in [3.63, 3.8) is 0 Å². The van der Waals surface area contributed by atoms with Crippen LogP contribution >= 0.6 is 0 Å². The average molecular weight is 234 g/mol. The molecule has 0 aliphatic carbocycles. The Morgan fingerprint density at radius 2 is 1.41 bits per heavy atom. The number of ether oxygens (including phenoxy) is 1. The molecule has 0 bridgehead atoms. The normalized spacial score (nSPS) is 12.4. The minimum Gasteiger partial charge on any atom is -0.426 e. The highest BCUT2D eigenvalue weighted by atomic mass is 16.5. The van der Waals surface area contributed by atoms with E-state index in [2.05, 4.69) is 20.8 Å². The summed E-state index contributed by atoms with van der Waals surface area (Å²) in [6.45, 7) is 12.0. The van der Waals surface area contributed by atoms with Gasteiger partial charge in [-0.2, -0.15) is 0 Å². The number of carbonyl (C=O) groups is 1. The summed E-state index contributed by atoms with van der Waals surface area (Å²) in [6.07, 6.45) is 0. The van der Waals surface area contributed by atoms with Gasteiger partial charge in [0.05, 0.1) is 5.41 Å². The Morgan fingerprint density at radius 1 is 0.941 bits per heavy atom. The molecular weight excluding hydrogens is 212 g/mol. The van der Waals surface area contributed by atoms with Crippen LogP contribution in [0.2, 0.25) is 0 Å². The third-order valence-corrected chi connectivity index (χ3v) is 2.54. The molecule has 0 unspecified atom stereocenters. The van der Waals surface area contributed by atoms with Crippen LogP contribution in [0.15, 0.2) is 24.3 Å². The zero-order valence-corrected chi connectivity index (χ0v) is 11.6. The largest absolute Gasteiger partial charge is 0.426 e. The van der Waals surface area contributed by atoms with Crippen molar-refractivity contribution in [3.05, 3.63) is 29.8 Å². The number of esters is 1. The molecule has 0 amide bonds. The van der Waals surface area contributed by atoms with Gasteiger partial charge in [-0.1, -0.05) is 32.9 Å². The second kappa shape index (κ2) is 4.52. The fourth-order valence-corrected chi connectivity index (χ4v) is 1.28. The molecule has 1 rings (SSSR count). The van der Waals surface area contributed by atoms with E-state index in [4.69, 9.17) is 4.74 Å². The second-order valence-corrected chi connectivity index (χ2v) is 6.41. The van der Waals surface area contributed by atoms with Crippen molar-refractivity contribution in [3.8, 4) is 5.75 Å². The number of hydrogen-bond donors (Lipinski definition) is 0. The van der Waals surface area contributed by atoms with E-state index < -0.39 is 5.41 Å².